The molecule has 2 heteroatoms. The normalized spacial score (nSPS) is 39.4. The summed E-state index contributed by atoms with van der Waals surface area (Å²) >= 11 is 0. The van der Waals surface area contributed by atoms with Gasteiger partial charge in [0.05, 0.1) is 0 Å². The minimum absolute atomic E-state index is 0.691. The Morgan fingerprint density at radius 2 is 2.21 bits per heavy atom. The van der Waals surface area contributed by atoms with Crippen molar-refractivity contribution in [3.8, 4) is 0 Å². The molecular weight excluding hydrogens is 172 g/mol. The molecule has 0 aromatic heterocycles. The predicted octanol–water partition coefficient (Wildman–Crippen LogP) is 1.72. The Kier molecular flexibility index (Phi) is 3.45. The van der Waals surface area contributed by atoms with E-state index in [0.29, 0.717) is 6.04 Å². The van der Waals surface area contributed by atoms with Crippen LogP contribution >= 0.6 is 0 Å². The molecule has 1 aliphatic carbocycles. The molecule has 0 spiro atoms. The fourth-order valence-electron chi connectivity index (χ4n) is 2.73. The smallest absolute Gasteiger partial charge is 0.0166 e. The van der Waals surface area contributed by atoms with E-state index in [1.807, 2.05) is 0 Å². The molecule has 2 rings (SSSR count). The summed E-state index contributed by atoms with van der Waals surface area (Å²) in [5.74, 6) is 2.09. The summed E-state index contributed by atoms with van der Waals surface area (Å²) < 4.78 is 0. The zero-order chi connectivity index (χ0) is 9.97. The van der Waals surface area contributed by atoms with E-state index < -0.39 is 0 Å². The van der Waals surface area contributed by atoms with Crippen LogP contribution in [0.15, 0.2) is 0 Å². The highest BCUT2D eigenvalue weighted by atomic mass is 15.2. The Labute approximate surface area is 88.1 Å². The van der Waals surface area contributed by atoms with Gasteiger partial charge in [-0.1, -0.05) is 13.3 Å². The van der Waals surface area contributed by atoms with Gasteiger partial charge in [-0.2, -0.15) is 0 Å². The molecule has 3 unspecified atom stereocenters. The molecule has 2 aliphatic rings. The molecule has 2 fully saturated rings. The van der Waals surface area contributed by atoms with Gasteiger partial charge in [-0.25, -0.2) is 0 Å². The minimum atomic E-state index is 0.691. The van der Waals surface area contributed by atoms with Crippen molar-refractivity contribution in [1.82, 2.24) is 10.2 Å². The second-order valence-corrected chi connectivity index (χ2v) is 5.13. The van der Waals surface area contributed by atoms with Gasteiger partial charge in [0.25, 0.3) is 0 Å². The maximum absolute atomic E-state index is 3.55. The van der Waals surface area contributed by atoms with Gasteiger partial charge < -0.3 is 10.2 Å². The Bertz CT molecular complexity index is 181. The Hall–Kier alpha value is -0.0800. The molecule has 3 atom stereocenters. The summed E-state index contributed by atoms with van der Waals surface area (Å²) in [5, 5.41) is 3.55. The van der Waals surface area contributed by atoms with Gasteiger partial charge >= 0.3 is 0 Å². The van der Waals surface area contributed by atoms with Crippen LogP contribution in [0.25, 0.3) is 0 Å². The Morgan fingerprint density at radius 1 is 1.36 bits per heavy atom. The Morgan fingerprint density at radius 3 is 2.93 bits per heavy atom. The molecule has 14 heavy (non-hydrogen) atoms. The summed E-state index contributed by atoms with van der Waals surface area (Å²) in [6, 6.07) is 0.691. The zero-order valence-corrected chi connectivity index (χ0v) is 9.63. The van der Waals surface area contributed by atoms with E-state index in [1.165, 1.54) is 45.4 Å². The van der Waals surface area contributed by atoms with Crippen molar-refractivity contribution in [3.63, 3.8) is 0 Å². The minimum Gasteiger partial charge on any atom is -0.313 e. The van der Waals surface area contributed by atoms with Crippen molar-refractivity contribution in [2.75, 3.05) is 26.2 Å². The summed E-state index contributed by atoms with van der Waals surface area (Å²) in [5.41, 5.74) is 0. The second-order valence-electron chi connectivity index (χ2n) is 5.13. The van der Waals surface area contributed by atoms with Crippen molar-refractivity contribution < 1.29 is 0 Å². The molecule has 82 valence electrons. The van der Waals surface area contributed by atoms with Gasteiger partial charge in [-0.3, -0.25) is 0 Å². The maximum Gasteiger partial charge on any atom is 0.0166 e. The van der Waals surface area contributed by atoms with Crippen molar-refractivity contribution in [2.24, 2.45) is 11.8 Å². The highest BCUT2D eigenvalue weighted by Gasteiger charge is 2.36. The largest absolute Gasteiger partial charge is 0.313 e. The third-order valence-corrected chi connectivity index (χ3v) is 3.76. The van der Waals surface area contributed by atoms with E-state index in [9.17, 15) is 0 Å². The molecule has 1 aliphatic heterocycles. The van der Waals surface area contributed by atoms with E-state index in [4.69, 9.17) is 0 Å². The quantitative estimate of drug-likeness (QED) is 0.739. The topological polar surface area (TPSA) is 15.3 Å². The third kappa shape index (κ3) is 2.71. The van der Waals surface area contributed by atoms with Crippen LogP contribution in [-0.4, -0.2) is 37.1 Å². The van der Waals surface area contributed by atoms with Gasteiger partial charge in [-0.05, 0) is 44.7 Å². The van der Waals surface area contributed by atoms with Gasteiger partial charge in [0.2, 0.25) is 0 Å². The first-order chi connectivity index (χ1) is 6.79. The summed E-state index contributed by atoms with van der Waals surface area (Å²) in [6.45, 7) is 9.78. The standard InChI is InChI=1S/C12H24N2/c1-3-11-7-12(11)9-14-6-4-5-13-10(2)8-14/h10-13H,3-9H2,1-2H3. The lowest BCUT2D eigenvalue weighted by molar-refractivity contribution is 0.257. The average Bonchev–Trinajstić information content (AvgIpc) is 2.92. The molecule has 0 bridgehead atoms. The first-order valence-electron chi connectivity index (χ1n) is 6.25. The zero-order valence-electron chi connectivity index (χ0n) is 9.63. The monoisotopic (exact) mass is 196 g/mol. The average molecular weight is 196 g/mol. The van der Waals surface area contributed by atoms with Crippen LogP contribution in [-0.2, 0) is 0 Å². The molecular formula is C12H24N2. The van der Waals surface area contributed by atoms with Crippen LogP contribution in [0.2, 0.25) is 0 Å². The van der Waals surface area contributed by atoms with Crippen molar-refractivity contribution in [2.45, 2.75) is 39.2 Å². The van der Waals surface area contributed by atoms with Gasteiger partial charge in [-0.15, -0.1) is 0 Å². The lowest BCUT2D eigenvalue weighted by Crippen LogP contribution is -2.36. The van der Waals surface area contributed by atoms with Crippen LogP contribution in [0, 0.1) is 11.8 Å². The molecule has 0 aromatic carbocycles. The molecule has 0 radical (unpaired) electrons. The fourth-order valence-corrected chi connectivity index (χ4v) is 2.73. The van der Waals surface area contributed by atoms with Crippen LogP contribution in [0.5, 0.6) is 0 Å². The van der Waals surface area contributed by atoms with Gasteiger partial charge in [0.15, 0.2) is 0 Å². The van der Waals surface area contributed by atoms with Gasteiger partial charge in [0.1, 0.15) is 0 Å². The summed E-state index contributed by atoms with van der Waals surface area (Å²) in [6.07, 6.45) is 4.22. The third-order valence-electron chi connectivity index (χ3n) is 3.76. The summed E-state index contributed by atoms with van der Waals surface area (Å²) in [7, 11) is 0. The number of rotatable bonds is 3. The lowest BCUT2D eigenvalue weighted by Gasteiger charge is -2.22. The molecule has 1 N–H and O–H groups in total. The van der Waals surface area contributed by atoms with E-state index in [1.54, 1.807) is 0 Å². The number of hydrogen-bond donors (Lipinski definition) is 1. The highest BCUT2D eigenvalue weighted by Crippen LogP contribution is 2.41. The van der Waals surface area contributed by atoms with Crippen molar-refractivity contribution >= 4 is 0 Å². The first-order valence-corrected chi connectivity index (χ1v) is 6.25. The van der Waals surface area contributed by atoms with Crippen LogP contribution in [0.4, 0.5) is 0 Å². The number of nitrogens with one attached hydrogen (secondary N) is 1. The van der Waals surface area contributed by atoms with Gasteiger partial charge in [0, 0.05) is 19.1 Å². The van der Waals surface area contributed by atoms with E-state index in [2.05, 4.69) is 24.1 Å². The van der Waals surface area contributed by atoms with Crippen LogP contribution in [0.3, 0.4) is 0 Å². The maximum atomic E-state index is 3.55. The SMILES string of the molecule is CCC1CC1CN1CCCNC(C)C1. The number of nitrogens with zero attached hydrogens (tertiary/aromatic N) is 1. The number of hydrogen-bond acceptors (Lipinski definition) is 2. The van der Waals surface area contributed by atoms with Crippen LogP contribution in [0.1, 0.15) is 33.1 Å². The fraction of sp³-hybridized carbons (Fsp3) is 1.00. The van der Waals surface area contributed by atoms with E-state index in [0.717, 1.165) is 11.8 Å². The van der Waals surface area contributed by atoms with Crippen molar-refractivity contribution in [3.05, 3.63) is 0 Å². The van der Waals surface area contributed by atoms with E-state index >= 15 is 0 Å². The van der Waals surface area contributed by atoms with Crippen molar-refractivity contribution in [1.29, 1.82) is 0 Å². The van der Waals surface area contributed by atoms with E-state index in [-0.39, 0.29) is 0 Å². The molecule has 1 saturated heterocycles. The highest BCUT2D eigenvalue weighted by molar-refractivity contribution is 4.88. The molecule has 2 nitrogen and oxygen atoms in total. The molecule has 1 heterocycles. The molecule has 0 amide bonds. The predicted molar refractivity (Wildman–Crippen MR) is 60.4 cm³/mol. The molecule has 0 aromatic rings. The first kappa shape index (κ1) is 10.4. The lowest BCUT2D eigenvalue weighted by atomic mass is 10.2. The summed E-state index contributed by atoms with van der Waals surface area (Å²) in [4.78, 5) is 2.67. The second kappa shape index (κ2) is 4.63. The van der Waals surface area contributed by atoms with Crippen LogP contribution < -0.4 is 5.32 Å². The molecule has 1 saturated carbocycles. The Balaban J connectivity index is 1.73.